The number of rotatable bonds is 3. The van der Waals surface area contributed by atoms with Gasteiger partial charge < -0.3 is 10.0 Å². The number of hydrogen-bond donors (Lipinski definition) is 1. The molecule has 0 radical (unpaired) electrons. The number of aryl methyl sites for hydroxylation is 1. The third-order valence-corrected chi connectivity index (χ3v) is 5.56. The first-order chi connectivity index (χ1) is 13.8. The van der Waals surface area contributed by atoms with E-state index in [9.17, 15) is 18.3 Å². The van der Waals surface area contributed by atoms with Gasteiger partial charge in [-0.25, -0.2) is 0 Å². The summed E-state index contributed by atoms with van der Waals surface area (Å²) in [6.07, 6.45) is -1.76. The van der Waals surface area contributed by atoms with Crippen molar-refractivity contribution in [1.82, 2.24) is 9.97 Å². The molecule has 1 saturated heterocycles. The Morgan fingerprint density at radius 3 is 2.52 bits per heavy atom. The topological polar surface area (TPSA) is 49.2 Å². The standard InChI is InChI=1S/C22H22F3N3O/c1-14-12-20(17-6-5-16(22(23,24)25)13-19(17)27-14)28-10-7-15(8-11-28)21(29)18-4-2-3-9-26-18/h2-6,9,12-13,15,21,29H,7-8,10-11H2,1H3. The van der Waals surface area contributed by atoms with Crippen molar-refractivity contribution in [3.63, 3.8) is 0 Å². The van der Waals surface area contributed by atoms with E-state index >= 15 is 0 Å². The summed E-state index contributed by atoms with van der Waals surface area (Å²) in [4.78, 5) is 10.7. The zero-order chi connectivity index (χ0) is 20.6. The van der Waals surface area contributed by atoms with Crippen LogP contribution in [-0.4, -0.2) is 28.2 Å². The fourth-order valence-electron chi connectivity index (χ4n) is 4.03. The Hall–Kier alpha value is -2.67. The summed E-state index contributed by atoms with van der Waals surface area (Å²) in [5.41, 5.74) is 1.92. The van der Waals surface area contributed by atoms with Crippen molar-refractivity contribution in [2.45, 2.75) is 32.0 Å². The highest BCUT2D eigenvalue weighted by Gasteiger charge is 2.31. The van der Waals surface area contributed by atoms with Crippen molar-refractivity contribution in [3.05, 3.63) is 65.6 Å². The molecule has 1 aliphatic heterocycles. The average molecular weight is 401 g/mol. The minimum Gasteiger partial charge on any atom is -0.387 e. The summed E-state index contributed by atoms with van der Waals surface area (Å²) in [7, 11) is 0. The van der Waals surface area contributed by atoms with Crippen molar-refractivity contribution >= 4 is 16.6 Å². The van der Waals surface area contributed by atoms with Gasteiger partial charge in [0.25, 0.3) is 0 Å². The molecule has 4 nitrogen and oxygen atoms in total. The predicted molar refractivity (Wildman–Crippen MR) is 106 cm³/mol. The van der Waals surface area contributed by atoms with E-state index in [1.54, 1.807) is 13.1 Å². The zero-order valence-corrected chi connectivity index (χ0v) is 16.0. The quantitative estimate of drug-likeness (QED) is 0.678. The molecule has 1 atom stereocenters. The first kappa shape index (κ1) is 19.6. The summed E-state index contributed by atoms with van der Waals surface area (Å²) in [5, 5.41) is 11.3. The average Bonchev–Trinajstić information content (AvgIpc) is 2.72. The van der Waals surface area contributed by atoms with Gasteiger partial charge >= 0.3 is 6.18 Å². The monoisotopic (exact) mass is 401 g/mol. The van der Waals surface area contributed by atoms with Gasteiger partial charge in [-0.05, 0) is 56.0 Å². The Morgan fingerprint density at radius 2 is 1.86 bits per heavy atom. The van der Waals surface area contributed by atoms with Crippen molar-refractivity contribution in [3.8, 4) is 0 Å². The summed E-state index contributed by atoms with van der Waals surface area (Å²) in [5.74, 6) is 0.104. The number of aliphatic hydroxyl groups is 1. The fourth-order valence-corrected chi connectivity index (χ4v) is 4.03. The van der Waals surface area contributed by atoms with Gasteiger partial charge in [0.15, 0.2) is 0 Å². The molecule has 1 aromatic carbocycles. The summed E-state index contributed by atoms with van der Waals surface area (Å²) in [6.45, 7) is 3.23. The normalized spacial score (nSPS) is 16.9. The molecular formula is C22H22F3N3O. The summed E-state index contributed by atoms with van der Waals surface area (Å²) in [6, 6.07) is 11.2. The van der Waals surface area contributed by atoms with Crippen molar-refractivity contribution in [1.29, 1.82) is 0 Å². The molecular weight excluding hydrogens is 379 g/mol. The van der Waals surface area contributed by atoms with Gasteiger partial charge in [0.05, 0.1) is 22.9 Å². The lowest BCUT2D eigenvalue weighted by Gasteiger charge is -2.36. The lowest BCUT2D eigenvalue weighted by Crippen LogP contribution is -2.36. The minimum absolute atomic E-state index is 0.104. The van der Waals surface area contributed by atoms with E-state index in [4.69, 9.17) is 0 Å². The number of benzene rings is 1. The number of anilines is 1. The molecule has 1 aliphatic rings. The van der Waals surface area contributed by atoms with E-state index in [1.807, 2.05) is 24.3 Å². The lowest BCUT2D eigenvalue weighted by atomic mass is 9.89. The molecule has 0 saturated carbocycles. The summed E-state index contributed by atoms with van der Waals surface area (Å²) < 4.78 is 39.2. The number of hydrogen-bond acceptors (Lipinski definition) is 4. The Bertz CT molecular complexity index is 999. The van der Waals surface area contributed by atoms with Gasteiger partial charge in [-0.2, -0.15) is 13.2 Å². The zero-order valence-electron chi connectivity index (χ0n) is 16.0. The number of nitrogens with zero attached hydrogens (tertiary/aromatic N) is 3. The third-order valence-electron chi connectivity index (χ3n) is 5.56. The molecule has 2 aromatic heterocycles. The van der Waals surface area contributed by atoms with Crippen LogP contribution in [0.3, 0.4) is 0 Å². The van der Waals surface area contributed by atoms with Crippen LogP contribution in [0.1, 0.15) is 35.9 Å². The van der Waals surface area contributed by atoms with E-state index in [0.29, 0.717) is 35.4 Å². The molecule has 3 aromatic rings. The highest BCUT2D eigenvalue weighted by molar-refractivity contribution is 5.92. The SMILES string of the molecule is Cc1cc(N2CCC(C(O)c3ccccn3)CC2)c2ccc(C(F)(F)F)cc2n1. The van der Waals surface area contributed by atoms with Gasteiger partial charge in [0, 0.05) is 36.1 Å². The van der Waals surface area contributed by atoms with Crippen molar-refractivity contribution < 1.29 is 18.3 Å². The number of pyridine rings is 2. The molecule has 0 spiro atoms. The molecule has 0 bridgehead atoms. The van der Waals surface area contributed by atoms with Crippen LogP contribution in [0.4, 0.5) is 18.9 Å². The van der Waals surface area contributed by atoms with Gasteiger partial charge in [0.1, 0.15) is 0 Å². The lowest BCUT2D eigenvalue weighted by molar-refractivity contribution is -0.137. The molecule has 0 amide bonds. The maximum Gasteiger partial charge on any atom is 0.416 e. The van der Waals surface area contributed by atoms with Gasteiger partial charge in [-0.3, -0.25) is 9.97 Å². The molecule has 1 fully saturated rings. The molecule has 1 unspecified atom stereocenters. The Balaban J connectivity index is 1.56. The molecule has 1 N–H and O–H groups in total. The largest absolute Gasteiger partial charge is 0.416 e. The van der Waals surface area contributed by atoms with Crippen LogP contribution in [0.25, 0.3) is 10.9 Å². The molecule has 29 heavy (non-hydrogen) atoms. The van der Waals surface area contributed by atoms with Crippen LogP contribution < -0.4 is 4.90 Å². The highest BCUT2D eigenvalue weighted by Crippen LogP contribution is 2.37. The second-order valence-electron chi connectivity index (χ2n) is 7.54. The fraction of sp³-hybridized carbons (Fsp3) is 0.364. The van der Waals surface area contributed by atoms with Crippen LogP contribution in [0.15, 0.2) is 48.7 Å². The number of alkyl halides is 3. The van der Waals surface area contributed by atoms with Crippen LogP contribution in [-0.2, 0) is 6.18 Å². The number of fused-ring (bicyclic) bond motifs is 1. The maximum atomic E-state index is 13.1. The second-order valence-corrected chi connectivity index (χ2v) is 7.54. The minimum atomic E-state index is -4.39. The van der Waals surface area contributed by atoms with Crippen LogP contribution in [0, 0.1) is 12.8 Å². The van der Waals surface area contributed by atoms with E-state index in [2.05, 4.69) is 14.9 Å². The van der Waals surface area contributed by atoms with Gasteiger partial charge in [-0.15, -0.1) is 0 Å². The first-order valence-corrected chi connectivity index (χ1v) is 9.65. The molecule has 3 heterocycles. The number of halogens is 3. The van der Waals surface area contributed by atoms with Crippen molar-refractivity contribution in [2.24, 2.45) is 5.92 Å². The summed E-state index contributed by atoms with van der Waals surface area (Å²) >= 11 is 0. The Morgan fingerprint density at radius 1 is 1.10 bits per heavy atom. The second kappa shape index (κ2) is 7.63. The third kappa shape index (κ3) is 4.05. The first-order valence-electron chi connectivity index (χ1n) is 9.65. The van der Waals surface area contributed by atoms with Crippen molar-refractivity contribution in [2.75, 3.05) is 18.0 Å². The van der Waals surface area contributed by atoms with Crippen LogP contribution in [0.2, 0.25) is 0 Å². The molecule has 7 heteroatoms. The molecule has 0 aliphatic carbocycles. The smallest absolute Gasteiger partial charge is 0.387 e. The highest BCUT2D eigenvalue weighted by atomic mass is 19.4. The molecule has 4 rings (SSSR count). The van der Waals surface area contributed by atoms with Gasteiger partial charge in [-0.1, -0.05) is 12.1 Å². The van der Waals surface area contributed by atoms with E-state index < -0.39 is 17.8 Å². The number of aromatic nitrogens is 2. The maximum absolute atomic E-state index is 13.1. The predicted octanol–water partition coefficient (Wildman–Crippen LogP) is 4.91. The number of aliphatic hydroxyl groups excluding tert-OH is 1. The Kier molecular flexibility index (Phi) is 5.17. The van der Waals surface area contributed by atoms with Crippen LogP contribution in [0.5, 0.6) is 0 Å². The van der Waals surface area contributed by atoms with Gasteiger partial charge in [0.2, 0.25) is 0 Å². The molecule has 152 valence electrons. The van der Waals surface area contributed by atoms with E-state index in [1.165, 1.54) is 6.07 Å². The Labute approximate surface area is 167 Å². The number of piperidine rings is 1. The van der Waals surface area contributed by atoms with Crippen LogP contribution >= 0.6 is 0 Å². The van der Waals surface area contributed by atoms with E-state index in [-0.39, 0.29) is 5.92 Å². The van der Waals surface area contributed by atoms with E-state index in [0.717, 1.165) is 30.7 Å².